The third-order valence-electron chi connectivity index (χ3n) is 2.45. The van der Waals surface area contributed by atoms with Gasteiger partial charge in [-0.1, -0.05) is 45.7 Å². The van der Waals surface area contributed by atoms with Crippen molar-refractivity contribution in [1.82, 2.24) is 0 Å². The summed E-state index contributed by atoms with van der Waals surface area (Å²) < 4.78 is 11.0. The summed E-state index contributed by atoms with van der Waals surface area (Å²) >= 11 is 9.58. The van der Waals surface area contributed by atoms with Crippen LogP contribution in [0.3, 0.4) is 0 Å². The first-order valence-electron chi connectivity index (χ1n) is 5.40. The van der Waals surface area contributed by atoms with Gasteiger partial charge in [-0.2, -0.15) is 0 Å². The maximum Gasteiger partial charge on any atom is 0.150 e. The fourth-order valence-electron chi connectivity index (χ4n) is 1.56. The van der Waals surface area contributed by atoms with Crippen LogP contribution in [0.15, 0.2) is 42.5 Å². The number of ether oxygens (including phenoxy) is 2. The van der Waals surface area contributed by atoms with Crippen LogP contribution in [0, 0.1) is 0 Å². The normalized spacial score (nSPS) is 10.2. The van der Waals surface area contributed by atoms with Crippen molar-refractivity contribution in [2.45, 2.75) is 5.33 Å². The predicted octanol–water partition coefficient (Wildman–Crippen LogP) is 5.04. The molecule has 0 unspecified atom stereocenters. The van der Waals surface area contributed by atoms with Crippen LogP contribution in [0.5, 0.6) is 17.2 Å². The molecule has 0 aliphatic carbocycles. The molecule has 0 amide bonds. The largest absolute Gasteiger partial charge is 0.497 e. The molecule has 0 heterocycles. The van der Waals surface area contributed by atoms with Crippen LogP contribution in [0.1, 0.15) is 5.56 Å². The first kappa shape index (κ1) is 13.2. The van der Waals surface area contributed by atoms with Gasteiger partial charge in [-0.25, -0.2) is 0 Å². The zero-order valence-electron chi connectivity index (χ0n) is 9.82. The standard InChI is InChI=1S/C14H12BrClO2/c1-17-11-5-3-6-12(8-11)18-14-10(9-15)4-2-7-13(14)16/h2-8H,9H2,1H3. The topological polar surface area (TPSA) is 18.5 Å². The van der Waals surface area contributed by atoms with Crippen molar-refractivity contribution < 1.29 is 9.47 Å². The average Bonchev–Trinajstić information content (AvgIpc) is 2.41. The molecule has 0 saturated carbocycles. The second-order valence-electron chi connectivity index (χ2n) is 3.64. The van der Waals surface area contributed by atoms with E-state index < -0.39 is 0 Å². The van der Waals surface area contributed by atoms with E-state index in [1.54, 1.807) is 7.11 Å². The molecule has 94 valence electrons. The van der Waals surface area contributed by atoms with E-state index in [1.165, 1.54) is 0 Å². The summed E-state index contributed by atoms with van der Waals surface area (Å²) in [4.78, 5) is 0. The van der Waals surface area contributed by atoms with Gasteiger partial charge in [0.15, 0.2) is 0 Å². The van der Waals surface area contributed by atoms with E-state index in [1.807, 2.05) is 42.5 Å². The monoisotopic (exact) mass is 326 g/mol. The molecular formula is C14H12BrClO2. The third-order valence-corrected chi connectivity index (χ3v) is 3.36. The summed E-state index contributed by atoms with van der Waals surface area (Å²) in [6.07, 6.45) is 0. The molecule has 0 N–H and O–H groups in total. The van der Waals surface area contributed by atoms with Gasteiger partial charge in [-0.05, 0) is 18.2 Å². The van der Waals surface area contributed by atoms with Gasteiger partial charge in [-0.15, -0.1) is 0 Å². The average molecular weight is 328 g/mol. The number of methoxy groups -OCH3 is 1. The number of alkyl halides is 1. The molecule has 0 saturated heterocycles. The Balaban J connectivity index is 2.33. The van der Waals surface area contributed by atoms with Crippen LogP contribution in [0.25, 0.3) is 0 Å². The van der Waals surface area contributed by atoms with E-state index in [4.69, 9.17) is 21.1 Å². The van der Waals surface area contributed by atoms with Crippen molar-refractivity contribution >= 4 is 27.5 Å². The molecule has 0 fully saturated rings. The molecule has 0 aliphatic heterocycles. The second kappa shape index (κ2) is 6.12. The highest BCUT2D eigenvalue weighted by Gasteiger charge is 2.09. The molecule has 0 radical (unpaired) electrons. The molecule has 0 aliphatic rings. The number of rotatable bonds is 4. The number of hydrogen-bond acceptors (Lipinski definition) is 2. The SMILES string of the molecule is COc1cccc(Oc2c(Cl)cccc2CBr)c1. The molecule has 18 heavy (non-hydrogen) atoms. The molecule has 0 spiro atoms. The van der Waals surface area contributed by atoms with Crippen LogP contribution in [-0.4, -0.2) is 7.11 Å². The smallest absolute Gasteiger partial charge is 0.150 e. The molecule has 4 heteroatoms. The van der Waals surface area contributed by atoms with Gasteiger partial charge in [-0.3, -0.25) is 0 Å². The Labute approximate surface area is 120 Å². The highest BCUT2D eigenvalue weighted by molar-refractivity contribution is 9.08. The maximum atomic E-state index is 6.15. The summed E-state index contributed by atoms with van der Waals surface area (Å²) in [6, 6.07) is 13.1. The molecule has 0 atom stereocenters. The van der Waals surface area contributed by atoms with Gasteiger partial charge in [0, 0.05) is 17.0 Å². The van der Waals surface area contributed by atoms with E-state index in [9.17, 15) is 0 Å². The van der Waals surface area contributed by atoms with E-state index >= 15 is 0 Å². The van der Waals surface area contributed by atoms with Crippen molar-refractivity contribution in [3.05, 3.63) is 53.1 Å². The van der Waals surface area contributed by atoms with Gasteiger partial charge in [0.25, 0.3) is 0 Å². The van der Waals surface area contributed by atoms with Crippen molar-refractivity contribution in [2.24, 2.45) is 0 Å². The first-order valence-corrected chi connectivity index (χ1v) is 6.90. The van der Waals surface area contributed by atoms with Crippen LogP contribution < -0.4 is 9.47 Å². The zero-order chi connectivity index (χ0) is 13.0. The van der Waals surface area contributed by atoms with Gasteiger partial charge in [0.1, 0.15) is 17.2 Å². The van der Waals surface area contributed by atoms with Crippen LogP contribution in [0.4, 0.5) is 0 Å². The molecule has 2 rings (SSSR count). The van der Waals surface area contributed by atoms with Crippen molar-refractivity contribution in [1.29, 1.82) is 0 Å². The fourth-order valence-corrected chi connectivity index (χ4v) is 2.23. The summed E-state index contributed by atoms with van der Waals surface area (Å²) in [7, 11) is 1.62. The Morgan fingerprint density at radius 1 is 1.11 bits per heavy atom. The lowest BCUT2D eigenvalue weighted by Gasteiger charge is -2.12. The lowest BCUT2D eigenvalue weighted by Crippen LogP contribution is -1.91. The third kappa shape index (κ3) is 2.98. The van der Waals surface area contributed by atoms with Gasteiger partial charge >= 0.3 is 0 Å². The highest BCUT2D eigenvalue weighted by Crippen LogP contribution is 2.34. The number of hydrogen-bond donors (Lipinski definition) is 0. The van der Waals surface area contributed by atoms with E-state index in [-0.39, 0.29) is 0 Å². The van der Waals surface area contributed by atoms with Crippen LogP contribution >= 0.6 is 27.5 Å². The minimum Gasteiger partial charge on any atom is -0.497 e. The second-order valence-corrected chi connectivity index (χ2v) is 4.61. The van der Waals surface area contributed by atoms with Crippen molar-refractivity contribution in [2.75, 3.05) is 7.11 Å². The van der Waals surface area contributed by atoms with Crippen molar-refractivity contribution in [3.63, 3.8) is 0 Å². The van der Waals surface area contributed by atoms with Gasteiger partial charge in [0.05, 0.1) is 12.1 Å². The van der Waals surface area contributed by atoms with Crippen molar-refractivity contribution in [3.8, 4) is 17.2 Å². The van der Waals surface area contributed by atoms with Gasteiger partial charge in [0.2, 0.25) is 0 Å². The molecule has 2 aromatic carbocycles. The Hall–Kier alpha value is -1.19. The van der Waals surface area contributed by atoms with Crippen LogP contribution in [0.2, 0.25) is 5.02 Å². The fraction of sp³-hybridized carbons (Fsp3) is 0.143. The zero-order valence-corrected chi connectivity index (χ0v) is 12.2. The maximum absolute atomic E-state index is 6.15. The molecule has 0 aromatic heterocycles. The molecular weight excluding hydrogens is 316 g/mol. The number of para-hydroxylation sites is 1. The Morgan fingerprint density at radius 3 is 2.56 bits per heavy atom. The summed E-state index contributed by atoms with van der Waals surface area (Å²) in [5.41, 5.74) is 1.00. The minimum absolute atomic E-state index is 0.592. The predicted molar refractivity (Wildman–Crippen MR) is 77.2 cm³/mol. The Bertz CT molecular complexity index is 543. The lowest BCUT2D eigenvalue weighted by molar-refractivity contribution is 0.409. The van der Waals surface area contributed by atoms with Gasteiger partial charge < -0.3 is 9.47 Å². The van der Waals surface area contributed by atoms with E-state index in [0.29, 0.717) is 21.9 Å². The van der Waals surface area contributed by atoms with E-state index in [0.717, 1.165) is 11.3 Å². The number of benzene rings is 2. The highest BCUT2D eigenvalue weighted by atomic mass is 79.9. The summed E-state index contributed by atoms with van der Waals surface area (Å²) in [5.74, 6) is 2.12. The lowest BCUT2D eigenvalue weighted by atomic mass is 10.2. The summed E-state index contributed by atoms with van der Waals surface area (Å²) in [6.45, 7) is 0. The quantitative estimate of drug-likeness (QED) is 0.733. The first-order chi connectivity index (χ1) is 8.74. The molecule has 2 aromatic rings. The Morgan fingerprint density at radius 2 is 1.83 bits per heavy atom. The van der Waals surface area contributed by atoms with E-state index in [2.05, 4.69) is 15.9 Å². The Kier molecular flexibility index (Phi) is 4.50. The minimum atomic E-state index is 0.592. The molecule has 0 bridgehead atoms. The summed E-state index contributed by atoms with van der Waals surface area (Å²) in [5, 5.41) is 1.28. The van der Waals surface area contributed by atoms with Crippen LogP contribution in [-0.2, 0) is 5.33 Å². The molecule has 2 nitrogen and oxygen atoms in total. The number of halogens is 2.